The van der Waals surface area contributed by atoms with E-state index in [0.717, 1.165) is 44.0 Å². The van der Waals surface area contributed by atoms with Crippen molar-refractivity contribution in [1.82, 2.24) is 15.3 Å². The van der Waals surface area contributed by atoms with Crippen molar-refractivity contribution in [3.8, 4) is 0 Å². The number of anilines is 1. The van der Waals surface area contributed by atoms with Crippen LogP contribution in [0.5, 0.6) is 0 Å². The van der Waals surface area contributed by atoms with E-state index in [1.807, 2.05) is 0 Å². The molecular formula is C13H20N4. The monoisotopic (exact) mass is 232 g/mol. The smallest absolute Gasteiger partial charge is 0.131 e. The van der Waals surface area contributed by atoms with E-state index in [-0.39, 0.29) is 0 Å². The summed E-state index contributed by atoms with van der Waals surface area (Å²) < 4.78 is 0. The number of nitrogens with two attached hydrogens (primary N) is 1. The van der Waals surface area contributed by atoms with Gasteiger partial charge in [-0.15, -0.1) is 0 Å². The highest BCUT2D eigenvalue weighted by molar-refractivity contribution is 5.44. The quantitative estimate of drug-likeness (QED) is 0.801. The summed E-state index contributed by atoms with van der Waals surface area (Å²) in [5, 5.41) is 3.44. The molecule has 1 aliphatic carbocycles. The van der Waals surface area contributed by atoms with Gasteiger partial charge in [-0.05, 0) is 51.1 Å². The summed E-state index contributed by atoms with van der Waals surface area (Å²) in [6, 6.07) is 0. The lowest BCUT2D eigenvalue weighted by molar-refractivity contribution is 0.370. The molecule has 92 valence electrons. The van der Waals surface area contributed by atoms with Crippen LogP contribution in [0, 0.1) is 5.92 Å². The second-order valence-electron chi connectivity index (χ2n) is 5.22. The standard InChI is InChI=1S/C13H20N4/c14-13-10-4-1-5-11(10)16-12(17-13)7-9-3-2-6-15-8-9/h9,15H,1-8H2,(H2,14,16,17). The van der Waals surface area contributed by atoms with Crippen molar-refractivity contribution in [2.45, 2.75) is 38.5 Å². The molecule has 1 atom stereocenters. The van der Waals surface area contributed by atoms with Crippen LogP contribution in [0.2, 0.25) is 0 Å². The molecule has 1 saturated heterocycles. The van der Waals surface area contributed by atoms with Gasteiger partial charge in [0, 0.05) is 17.7 Å². The Labute approximate surface area is 102 Å². The number of hydrogen-bond acceptors (Lipinski definition) is 4. The maximum atomic E-state index is 6.01. The van der Waals surface area contributed by atoms with Crippen LogP contribution >= 0.6 is 0 Å². The molecule has 3 N–H and O–H groups in total. The lowest BCUT2D eigenvalue weighted by Gasteiger charge is -2.22. The Morgan fingerprint density at radius 3 is 3.00 bits per heavy atom. The molecule has 0 amide bonds. The molecule has 1 aromatic rings. The van der Waals surface area contributed by atoms with Gasteiger partial charge in [0.15, 0.2) is 0 Å². The van der Waals surface area contributed by atoms with Gasteiger partial charge in [-0.1, -0.05) is 0 Å². The lowest BCUT2D eigenvalue weighted by atomic mass is 9.96. The van der Waals surface area contributed by atoms with Crippen LogP contribution in [-0.4, -0.2) is 23.1 Å². The van der Waals surface area contributed by atoms with Gasteiger partial charge in [-0.3, -0.25) is 0 Å². The molecule has 0 radical (unpaired) electrons. The Bertz CT molecular complexity index is 410. The minimum Gasteiger partial charge on any atom is -0.383 e. The molecule has 1 unspecified atom stereocenters. The summed E-state index contributed by atoms with van der Waals surface area (Å²) in [5.74, 6) is 2.37. The normalized spacial score (nSPS) is 23.6. The first-order chi connectivity index (χ1) is 8.33. The second-order valence-corrected chi connectivity index (χ2v) is 5.22. The zero-order valence-corrected chi connectivity index (χ0v) is 10.2. The Balaban J connectivity index is 1.76. The molecule has 0 bridgehead atoms. The van der Waals surface area contributed by atoms with Crippen LogP contribution in [0.4, 0.5) is 5.82 Å². The van der Waals surface area contributed by atoms with Gasteiger partial charge >= 0.3 is 0 Å². The van der Waals surface area contributed by atoms with E-state index >= 15 is 0 Å². The first-order valence-electron chi connectivity index (χ1n) is 6.68. The second kappa shape index (κ2) is 4.61. The van der Waals surface area contributed by atoms with Crippen LogP contribution in [0.25, 0.3) is 0 Å². The summed E-state index contributed by atoms with van der Waals surface area (Å²) in [6.45, 7) is 2.25. The zero-order chi connectivity index (χ0) is 11.7. The highest BCUT2D eigenvalue weighted by Gasteiger charge is 2.20. The number of aromatic nitrogens is 2. The number of hydrogen-bond donors (Lipinski definition) is 2. The van der Waals surface area contributed by atoms with Crippen molar-refractivity contribution < 1.29 is 0 Å². The van der Waals surface area contributed by atoms with Crippen molar-refractivity contribution in [3.05, 3.63) is 17.1 Å². The summed E-state index contributed by atoms with van der Waals surface area (Å²) in [6.07, 6.45) is 6.86. The van der Waals surface area contributed by atoms with Gasteiger partial charge in [0.1, 0.15) is 11.6 Å². The van der Waals surface area contributed by atoms with Gasteiger partial charge in [0.25, 0.3) is 0 Å². The predicted molar refractivity (Wildman–Crippen MR) is 67.8 cm³/mol. The lowest BCUT2D eigenvalue weighted by Crippen LogP contribution is -2.31. The molecule has 17 heavy (non-hydrogen) atoms. The molecular weight excluding hydrogens is 212 g/mol. The van der Waals surface area contributed by atoms with Gasteiger partial charge in [-0.2, -0.15) is 0 Å². The highest BCUT2D eigenvalue weighted by Crippen LogP contribution is 2.25. The number of nitrogens with one attached hydrogen (secondary N) is 1. The summed E-state index contributed by atoms with van der Waals surface area (Å²) in [5.41, 5.74) is 8.42. The van der Waals surface area contributed by atoms with Gasteiger partial charge in [-0.25, -0.2) is 9.97 Å². The predicted octanol–water partition coefficient (Wildman–Crippen LogP) is 1.09. The minimum atomic E-state index is 0.683. The topological polar surface area (TPSA) is 63.8 Å². The zero-order valence-electron chi connectivity index (χ0n) is 10.2. The third-order valence-electron chi connectivity index (χ3n) is 3.88. The number of nitrogens with zero attached hydrogens (tertiary/aromatic N) is 2. The first kappa shape index (κ1) is 11.0. The van der Waals surface area contributed by atoms with Crippen LogP contribution in [0.1, 0.15) is 36.3 Å². The van der Waals surface area contributed by atoms with Crippen molar-refractivity contribution in [2.75, 3.05) is 18.8 Å². The SMILES string of the molecule is Nc1nc(CC2CCCNC2)nc2c1CCC2. The van der Waals surface area contributed by atoms with E-state index in [4.69, 9.17) is 5.73 Å². The fourth-order valence-corrected chi connectivity index (χ4v) is 2.96. The van der Waals surface area contributed by atoms with E-state index in [2.05, 4.69) is 15.3 Å². The van der Waals surface area contributed by atoms with Gasteiger partial charge < -0.3 is 11.1 Å². The van der Waals surface area contributed by atoms with E-state index in [0.29, 0.717) is 5.92 Å². The number of piperidine rings is 1. The van der Waals surface area contributed by atoms with Crippen LogP contribution in [-0.2, 0) is 19.3 Å². The Hall–Kier alpha value is -1.16. The minimum absolute atomic E-state index is 0.683. The number of nitrogen functional groups attached to an aromatic ring is 1. The summed E-state index contributed by atoms with van der Waals surface area (Å²) in [7, 11) is 0. The Morgan fingerprint density at radius 2 is 2.18 bits per heavy atom. The third-order valence-corrected chi connectivity index (χ3v) is 3.88. The fourth-order valence-electron chi connectivity index (χ4n) is 2.96. The first-order valence-corrected chi connectivity index (χ1v) is 6.68. The Morgan fingerprint density at radius 1 is 1.24 bits per heavy atom. The van der Waals surface area contributed by atoms with Crippen molar-refractivity contribution in [3.63, 3.8) is 0 Å². The molecule has 1 fully saturated rings. The third kappa shape index (κ3) is 2.27. The van der Waals surface area contributed by atoms with Crippen molar-refractivity contribution >= 4 is 5.82 Å². The number of aryl methyl sites for hydroxylation is 1. The average Bonchev–Trinajstić information content (AvgIpc) is 2.79. The molecule has 0 spiro atoms. The van der Waals surface area contributed by atoms with E-state index in [1.165, 1.54) is 30.5 Å². The molecule has 2 aliphatic rings. The van der Waals surface area contributed by atoms with Crippen molar-refractivity contribution in [2.24, 2.45) is 5.92 Å². The van der Waals surface area contributed by atoms with E-state index in [1.54, 1.807) is 0 Å². The summed E-state index contributed by atoms with van der Waals surface area (Å²) >= 11 is 0. The highest BCUT2D eigenvalue weighted by atomic mass is 15.0. The average molecular weight is 232 g/mol. The molecule has 3 rings (SSSR count). The Kier molecular flexibility index (Phi) is 2.97. The molecule has 0 aromatic carbocycles. The maximum absolute atomic E-state index is 6.01. The molecule has 4 heteroatoms. The van der Waals surface area contributed by atoms with E-state index < -0.39 is 0 Å². The number of rotatable bonds is 2. The molecule has 4 nitrogen and oxygen atoms in total. The largest absolute Gasteiger partial charge is 0.383 e. The molecule has 1 aliphatic heterocycles. The van der Waals surface area contributed by atoms with Crippen LogP contribution in [0.3, 0.4) is 0 Å². The molecule has 0 saturated carbocycles. The molecule has 1 aromatic heterocycles. The van der Waals surface area contributed by atoms with Crippen LogP contribution < -0.4 is 11.1 Å². The van der Waals surface area contributed by atoms with Gasteiger partial charge in [0.2, 0.25) is 0 Å². The van der Waals surface area contributed by atoms with Crippen molar-refractivity contribution in [1.29, 1.82) is 0 Å². The molecule has 2 heterocycles. The number of fused-ring (bicyclic) bond motifs is 1. The summed E-state index contributed by atoms with van der Waals surface area (Å²) in [4.78, 5) is 9.17. The maximum Gasteiger partial charge on any atom is 0.131 e. The van der Waals surface area contributed by atoms with Crippen LogP contribution in [0.15, 0.2) is 0 Å². The van der Waals surface area contributed by atoms with Gasteiger partial charge in [0.05, 0.1) is 0 Å². The van der Waals surface area contributed by atoms with E-state index in [9.17, 15) is 0 Å². The fraction of sp³-hybridized carbons (Fsp3) is 0.692.